The quantitative estimate of drug-likeness (QED) is 0.332. The molecule has 0 heterocycles. The second-order valence-electron chi connectivity index (χ2n) is 3.20. The first kappa shape index (κ1) is 14.7. The van der Waals surface area contributed by atoms with Crippen molar-refractivity contribution in [1.82, 2.24) is 0 Å². The Morgan fingerprint density at radius 3 is 2.21 bits per heavy atom. The predicted octanol–water partition coefficient (Wildman–Crippen LogP) is -0.0462. The van der Waals surface area contributed by atoms with Crippen molar-refractivity contribution in [1.29, 1.82) is 0 Å². The molecule has 0 bridgehead atoms. The van der Waals surface area contributed by atoms with E-state index < -0.39 is 38.3 Å². The number of nitro benzene ring substituents is 1. The molecule has 1 N–H and O–H groups in total. The van der Waals surface area contributed by atoms with E-state index in [-0.39, 0.29) is 5.69 Å². The summed E-state index contributed by atoms with van der Waals surface area (Å²) < 4.78 is 27.2. The summed E-state index contributed by atoms with van der Waals surface area (Å²) in [7, 11) is -4.34. The zero-order chi connectivity index (χ0) is 14.6. The van der Waals surface area contributed by atoms with Crippen molar-refractivity contribution >= 4 is 27.6 Å². The van der Waals surface area contributed by atoms with Crippen LogP contribution in [0.15, 0.2) is 29.2 Å². The van der Waals surface area contributed by atoms with Gasteiger partial charge in [0.1, 0.15) is 6.61 Å². The molecule has 0 aliphatic heterocycles. The lowest BCUT2D eigenvalue weighted by Crippen LogP contribution is -2.21. The summed E-state index contributed by atoms with van der Waals surface area (Å²) in [5.41, 5.74) is -0.319. The van der Waals surface area contributed by atoms with Crippen molar-refractivity contribution in [3.8, 4) is 0 Å². The van der Waals surface area contributed by atoms with Gasteiger partial charge in [-0.2, -0.15) is 8.42 Å². The van der Waals surface area contributed by atoms with E-state index in [4.69, 9.17) is 5.11 Å². The number of benzene rings is 1. The summed E-state index contributed by atoms with van der Waals surface area (Å²) in [6.07, 6.45) is 0. The van der Waals surface area contributed by atoms with Crippen LogP contribution in [0.4, 0.5) is 5.69 Å². The molecular formula is C9H7NO8S. The third-order valence-electron chi connectivity index (χ3n) is 1.92. The largest absolute Gasteiger partial charge is 0.475 e. The minimum absolute atomic E-state index is 0.319. The Hall–Kier alpha value is -2.33. The Bertz CT molecular complexity index is 618. The Balaban J connectivity index is 2.86. The maximum Gasteiger partial charge on any atom is 0.374 e. The fourth-order valence-electron chi connectivity index (χ4n) is 0.995. The molecule has 0 aliphatic carbocycles. The number of nitrogens with zero attached hydrogens (tertiary/aromatic N) is 1. The molecule has 19 heavy (non-hydrogen) atoms. The van der Waals surface area contributed by atoms with Crippen LogP contribution in [0.5, 0.6) is 0 Å². The topological polar surface area (TPSA) is 141 Å². The number of Topliss-reactive ketones (excluding diaryl/α,β-unsaturated/α-hetero) is 1. The van der Waals surface area contributed by atoms with Gasteiger partial charge in [-0.15, -0.1) is 0 Å². The average molecular weight is 289 g/mol. The lowest BCUT2D eigenvalue weighted by molar-refractivity contribution is -0.384. The molecule has 0 saturated carbocycles. The van der Waals surface area contributed by atoms with Crippen molar-refractivity contribution in [2.24, 2.45) is 0 Å². The summed E-state index contributed by atoms with van der Waals surface area (Å²) in [4.78, 5) is 30.1. The molecule has 0 fully saturated rings. The van der Waals surface area contributed by atoms with Crippen LogP contribution in [-0.2, 0) is 23.9 Å². The molecule has 0 aliphatic rings. The number of aliphatic carboxylic acids is 1. The highest BCUT2D eigenvalue weighted by atomic mass is 32.2. The summed E-state index contributed by atoms with van der Waals surface area (Å²) >= 11 is 0. The molecule has 1 aromatic rings. The van der Waals surface area contributed by atoms with Gasteiger partial charge in [-0.05, 0) is 12.1 Å². The number of carbonyl (C=O) groups excluding carboxylic acids is 1. The van der Waals surface area contributed by atoms with E-state index in [1.807, 2.05) is 0 Å². The summed E-state index contributed by atoms with van der Waals surface area (Å²) in [5.74, 6) is -3.25. The minimum atomic E-state index is -4.34. The zero-order valence-corrected chi connectivity index (χ0v) is 9.99. The number of ketones is 1. The number of non-ortho nitro benzene ring substituents is 1. The lowest BCUT2D eigenvalue weighted by Gasteiger charge is -2.03. The molecule has 0 aromatic heterocycles. The van der Waals surface area contributed by atoms with Crippen molar-refractivity contribution in [3.05, 3.63) is 34.4 Å². The van der Waals surface area contributed by atoms with Crippen LogP contribution < -0.4 is 0 Å². The third-order valence-corrected chi connectivity index (χ3v) is 3.20. The fourth-order valence-corrected chi connectivity index (χ4v) is 1.86. The van der Waals surface area contributed by atoms with Crippen LogP contribution in [0, 0.1) is 10.1 Å². The summed E-state index contributed by atoms with van der Waals surface area (Å²) in [6.45, 7) is -1.14. The van der Waals surface area contributed by atoms with Crippen LogP contribution in [0.2, 0.25) is 0 Å². The van der Waals surface area contributed by atoms with Gasteiger partial charge in [0, 0.05) is 12.1 Å². The van der Waals surface area contributed by atoms with E-state index in [0.717, 1.165) is 24.3 Å². The molecule has 9 nitrogen and oxygen atoms in total. The van der Waals surface area contributed by atoms with Crippen LogP contribution in [0.1, 0.15) is 0 Å². The van der Waals surface area contributed by atoms with Crippen molar-refractivity contribution in [3.63, 3.8) is 0 Å². The highest BCUT2D eigenvalue weighted by Gasteiger charge is 2.21. The van der Waals surface area contributed by atoms with E-state index >= 15 is 0 Å². The molecule has 0 unspecified atom stereocenters. The smallest absolute Gasteiger partial charge is 0.374 e. The Morgan fingerprint density at radius 1 is 1.26 bits per heavy atom. The molecule has 0 radical (unpaired) electrons. The molecule has 0 saturated heterocycles. The molecule has 102 valence electrons. The lowest BCUT2D eigenvalue weighted by atomic mass is 10.3. The van der Waals surface area contributed by atoms with Gasteiger partial charge < -0.3 is 5.11 Å². The van der Waals surface area contributed by atoms with E-state index in [0.29, 0.717) is 0 Å². The van der Waals surface area contributed by atoms with Gasteiger partial charge in [0.05, 0.1) is 9.82 Å². The maximum atomic E-state index is 11.5. The van der Waals surface area contributed by atoms with E-state index in [1.54, 1.807) is 0 Å². The van der Waals surface area contributed by atoms with Gasteiger partial charge in [0.25, 0.3) is 21.6 Å². The van der Waals surface area contributed by atoms with E-state index in [9.17, 15) is 28.1 Å². The molecule has 1 aromatic carbocycles. The zero-order valence-electron chi connectivity index (χ0n) is 9.18. The highest BCUT2D eigenvalue weighted by Crippen LogP contribution is 2.17. The second kappa shape index (κ2) is 5.54. The molecular weight excluding hydrogens is 282 g/mol. The van der Waals surface area contributed by atoms with Gasteiger partial charge >= 0.3 is 5.97 Å². The standard InChI is InChI=1S/C9H7NO8S/c11-8(9(12)13)5-18-19(16,17)7-3-1-6(2-4-7)10(14)15/h1-4H,5H2,(H,12,13). The van der Waals surface area contributed by atoms with Crippen LogP contribution >= 0.6 is 0 Å². The second-order valence-corrected chi connectivity index (χ2v) is 4.81. The Morgan fingerprint density at radius 2 is 1.79 bits per heavy atom. The highest BCUT2D eigenvalue weighted by molar-refractivity contribution is 7.86. The van der Waals surface area contributed by atoms with Crippen LogP contribution in [0.25, 0.3) is 0 Å². The van der Waals surface area contributed by atoms with Crippen molar-refractivity contribution in [2.75, 3.05) is 6.61 Å². The first-order valence-corrected chi connectivity index (χ1v) is 6.05. The van der Waals surface area contributed by atoms with Gasteiger partial charge in [-0.3, -0.25) is 19.1 Å². The van der Waals surface area contributed by atoms with Gasteiger partial charge in [0.2, 0.25) is 0 Å². The number of hydrogen-bond acceptors (Lipinski definition) is 7. The number of hydrogen-bond donors (Lipinski definition) is 1. The first-order valence-electron chi connectivity index (χ1n) is 4.64. The molecule has 10 heteroatoms. The SMILES string of the molecule is O=C(O)C(=O)COS(=O)(=O)c1ccc([N+](=O)[O-])cc1. The fraction of sp³-hybridized carbons (Fsp3) is 0.111. The number of carbonyl (C=O) groups is 2. The van der Waals surface area contributed by atoms with Crippen LogP contribution in [0.3, 0.4) is 0 Å². The molecule has 1 rings (SSSR count). The predicted molar refractivity (Wildman–Crippen MR) is 58.9 cm³/mol. The number of rotatable bonds is 6. The molecule has 0 atom stereocenters. The number of carboxylic acid groups (broad SMARTS) is 1. The average Bonchev–Trinajstić information content (AvgIpc) is 2.36. The summed E-state index contributed by atoms with van der Waals surface area (Å²) in [5, 5.41) is 18.6. The summed E-state index contributed by atoms with van der Waals surface area (Å²) in [6, 6.07) is 3.71. The van der Waals surface area contributed by atoms with Crippen LogP contribution in [-0.4, -0.2) is 36.8 Å². The van der Waals surface area contributed by atoms with E-state index in [2.05, 4.69) is 4.18 Å². The molecule has 0 spiro atoms. The van der Waals surface area contributed by atoms with Gasteiger partial charge in [0.15, 0.2) is 0 Å². The first-order chi connectivity index (χ1) is 8.74. The minimum Gasteiger partial charge on any atom is -0.475 e. The molecule has 0 amide bonds. The van der Waals surface area contributed by atoms with Crippen molar-refractivity contribution in [2.45, 2.75) is 4.90 Å². The van der Waals surface area contributed by atoms with Crippen molar-refractivity contribution < 1.29 is 32.2 Å². The van der Waals surface area contributed by atoms with Gasteiger partial charge in [-0.25, -0.2) is 4.79 Å². The van der Waals surface area contributed by atoms with E-state index in [1.165, 1.54) is 0 Å². The normalized spacial score (nSPS) is 10.9. The Kier molecular flexibility index (Phi) is 4.30. The maximum absolute atomic E-state index is 11.5. The third kappa shape index (κ3) is 3.82. The van der Waals surface area contributed by atoms with Gasteiger partial charge in [-0.1, -0.05) is 0 Å². The number of carboxylic acids is 1. The Labute approximate surface area is 106 Å². The monoisotopic (exact) mass is 289 g/mol. The number of nitro groups is 1.